The van der Waals surface area contributed by atoms with Gasteiger partial charge in [0.2, 0.25) is 5.91 Å². The molecule has 0 fully saturated rings. The van der Waals surface area contributed by atoms with Crippen LogP contribution in [-0.2, 0) is 11.3 Å². The highest BCUT2D eigenvalue weighted by Crippen LogP contribution is 2.21. The molecular weight excluding hydrogens is 314 g/mol. The number of rotatable bonds is 7. The first-order valence-electron chi connectivity index (χ1n) is 7.58. The Morgan fingerprint density at radius 3 is 2.50 bits per heavy atom. The number of anilines is 1. The lowest BCUT2D eigenvalue weighted by molar-refractivity contribution is -0.114. The van der Waals surface area contributed by atoms with E-state index in [2.05, 4.69) is 15.4 Å². The van der Waals surface area contributed by atoms with Gasteiger partial charge >= 0.3 is 6.61 Å². The largest absolute Gasteiger partial charge is 0.435 e. The highest BCUT2D eigenvalue weighted by Gasteiger charge is 2.09. The quantitative estimate of drug-likeness (QED) is 0.801. The first-order chi connectivity index (χ1) is 11.4. The summed E-state index contributed by atoms with van der Waals surface area (Å²) in [7, 11) is 0. The minimum absolute atomic E-state index is 0.0266. The average Bonchev–Trinajstić information content (AvgIpc) is 2.53. The van der Waals surface area contributed by atoms with Crippen molar-refractivity contribution in [3.63, 3.8) is 0 Å². The van der Waals surface area contributed by atoms with Gasteiger partial charge in [-0.2, -0.15) is 8.78 Å². The summed E-state index contributed by atoms with van der Waals surface area (Å²) < 4.78 is 29.0. The molecular formula is C18H20F2N2O2. The highest BCUT2D eigenvalue weighted by atomic mass is 19.3. The molecule has 128 valence electrons. The highest BCUT2D eigenvalue weighted by molar-refractivity contribution is 5.88. The van der Waals surface area contributed by atoms with Gasteiger partial charge in [0.25, 0.3) is 0 Å². The van der Waals surface area contributed by atoms with Crippen LogP contribution >= 0.6 is 0 Å². The van der Waals surface area contributed by atoms with Crippen LogP contribution in [0, 0.1) is 0 Å². The Kier molecular flexibility index (Phi) is 6.26. The Labute approximate surface area is 139 Å². The number of alkyl halides is 2. The monoisotopic (exact) mass is 334 g/mol. The molecule has 0 bridgehead atoms. The van der Waals surface area contributed by atoms with Crippen molar-refractivity contribution in [2.45, 2.75) is 33.0 Å². The van der Waals surface area contributed by atoms with Crippen LogP contribution in [0.15, 0.2) is 48.5 Å². The first kappa shape index (κ1) is 17.9. The van der Waals surface area contributed by atoms with E-state index in [9.17, 15) is 13.6 Å². The Morgan fingerprint density at radius 2 is 1.88 bits per heavy atom. The zero-order valence-electron chi connectivity index (χ0n) is 13.6. The number of hydrogen-bond acceptors (Lipinski definition) is 3. The Morgan fingerprint density at radius 1 is 1.17 bits per heavy atom. The van der Waals surface area contributed by atoms with E-state index in [4.69, 9.17) is 0 Å². The molecule has 1 atom stereocenters. The predicted molar refractivity (Wildman–Crippen MR) is 89.1 cm³/mol. The molecule has 0 heterocycles. The third kappa shape index (κ3) is 5.62. The molecule has 1 amide bonds. The smallest absolute Gasteiger partial charge is 0.387 e. The number of benzene rings is 2. The second-order valence-electron chi connectivity index (χ2n) is 5.43. The number of carbonyl (C=O) groups is 1. The summed E-state index contributed by atoms with van der Waals surface area (Å²) in [6.45, 7) is 1.20. The van der Waals surface area contributed by atoms with Crippen LogP contribution in [0.3, 0.4) is 0 Å². The van der Waals surface area contributed by atoms with Gasteiger partial charge < -0.3 is 15.4 Å². The van der Waals surface area contributed by atoms with E-state index in [-0.39, 0.29) is 17.7 Å². The van der Waals surface area contributed by atoms with E-state index in [1.54, 1.807) is 12.1 Å². The molecule has 0 aliphatic carbocycles. The summed E-state index contributed by atoms with van der Waals surface area (Å²) >= 11 is 0. The minimum Gasteiger partial charge on any atom is -0.435 e. The number of hydrogen-bond donors (Lipinski definition) is 2. The van der Waals surface area contributed by atoms with Crippen molar-refractivity contribution in [2.24, 2.45) is 0 Å². The van der Waals surface area contributed by atoms with Gasteiger partial charge in [0.1, 0.15) is 5.75 Å². The third-order valence-electron chi connectivity index (χ3n) is 3.47. The molecule has 6 heteroatoms. The fourth-order valence-electron chi connectivity index (χ4n) is 2.26. The van der Waals surface area contributed by atoms with E-state index < -0.39 is 6.61 Å². The van der Waals surface area contributed by atoms with Gasteiger partial charge in [-0.25, -0.2) is 0 Å². The molecule has 0 aliphatic heterocycles. The molecule has 0 saturated heterocycles. The molecule has 2 aromatic rings. The zero-order valence-corrected chi connectivity index (χ0v) is 13.6. The molecule has 0 radical (unpaired) electrons. The van der Waals surface area contributed by atoms with Crippen molar-refractivity contribution in [2.75, 3.05) is 5.32 Å². The summed E-state index contributed by atoms with van der Waals surface area (Å²) in [5, 5.41) is 6.04. The maximum Gasteiger partial charge on any atom is 0.387 e. The number of ether oxygens (including phenoxy) is 1. The average molecular weight is 334 g/mol. The minimum atomic E-state index is -2.83. The lowest BCUT2D eigenvalue weighted by Gasteiger charge is -2.16. The Hall–Kier alpha value is -2.47. The number of amides is 1. The molecule has 4 nitrogen and oxygen atoms in total. The first-order valence-corrected chi connectivity index (χ1v) is 7.58. The van der Waals surface area contributed by atoms with Gasteiger partial charge in [-0.1, -0.05) is 24.3 Å². The van der Waals surface area contributed by atoms with Crippen molar-refractivity contribution in [1.29, 1.82) is 0 Å². The second-order valence-corrected chi connectivity index (χ2v) is 5.43. The standard InChI is InChI=1S/C18H20F2N2O2/c1-12(15-4-3-5-17(10-15)24-18(19)20)21-11-14-6-8-16(9-7-14)22-13(2)23/h3-10,12,18,21H,11H2,1-2H3,(H,22,23). The van der Waals surface area contributed by atoms with Gasteiger partial charge in [0.15, 0.2) is 0 Å². The topological polar surface area (TPSA) is 50.4 Å². The molecule has 0 saturated carbocycles. The summed E-state index contributed by atoms with van der Waals surface area (Å²) in [5.41, 5.74) is 2.66. The summed E-state index contributed by atoms with van der Waals surface area (Å²) in [5.74, 6) is 0.0382. The molecule has 24 heavy (non-hydrogen) atoms. The third-order valence-corrected chi connectivity index (χ3v) is 3.47. The van der Waals surface area contributed by atoms with Crippen molar-refractivity contribution in [1.82, 2.24) is 5.32 Å². The van der Waals surface area contributed by atoms with Gasteiger partial charge in [0.05, 0.1) is 0 Å². The van der Waals surface area contributed by atoms with E-state index in [1.807, 2.05) is 37.3 Å². The van der Waals surface area contributed by atoms with Crippen LogP contribution in [0.4, 0.5) is 14.5 Å². The second kappa shape index (κ2) is 8.40. The van der Waals surface area contributed by atoms with Crippen LogP contribution in [0.25, 0.3) is 0 Å². The molecule has 0 aliphatic rings. The molecule has 1 unspecified atom stereocenters. The number of carbonyl (C=O) groups excluding carboxylic acids is 1. The normalized spacial score (nSPS) is 12.0. The zero-order chi connectivity index (χ0) is 17.5. The Bertz CT molecular complexity index is 675. The predicted octanol–water partition coefficient (Wildman–Crippen LogP) is 4.10. The maximum atomic E-state index is 12.3. The van der Waals surface area contributed by atoms with Crippen LogP contribution in [0.2, 0.25) is 0 Å². The van der Waals surface area contributed by atoms with Crippen LogP contribution in [-0.4, -0.2) is 12.5 Å². The Balaban J connectivity index is 1.92. The molecule has 0 spiro atoms. The molecule has 2 rings (SSSR count). The van der Waals surface area contributed by atoms with Gasteiger partial charge in [0, 0.05) is 25.2 Å². The number of halogens is 2. The summed E-state index contributed by atoms with van der Waals surface area (Å²) in [6.07, 6.45) is 0. The van der Waals surface area contributed by atoms with Gasteiger partial charge in [-0.15, -0.1) is 0 Å². The lowest BCUT2D eigenvalue weighted by Crippen LogP contribution is -2.18. The summed E-state index contributed by atoms with van der Waals surface area (Å²) in [4.78, 5) is 11.0. The fraction of sp³-hybridized carbons (Fsp3) is 0.278. The number of nitrogens with one attached hydrogen (secondary N) is 2. The molecule has 2 aromatic carbocycles. The van der Waals surface area contributed by atoms with Crippen LogP contribution < -0.4 is 15.4 Å². The summed E-state index contributed by atoms with van der Waals surface area (Å²) in [6, 6.07) is 14.1. The van der Waals surface area contributed by atoms with Crippen molar-refractivity contribution >= 4 is 11.6 Å². The van der Waals surface area contributed by atoms with E-state index in [0.29, 0.717) is 6.54 Å². The maximum absolute atomic E-state index is 12.3. The van der Waals surface area contributed by atoms with Gasteiger partial charge in [-0.3, -0.25) is 4.79 Å². The van der Waals surface area contributed by atoms with Crippen molar-refractivity contribution in [3.05, 3.63) is 59.7 Å². The lowest BCUT2D eigenvalue weighted by atomic mass is 10.1. The van der Waals surface area contributed by atoms with Gasteiger partial charge in [-0.05, 0) is 42.3 Å². The van der Waals surface area contributed by atoms with Crippen molar-refractivity contribution in [3.8, 4) is 5.75 Å². The SMILES string of the molecule is CC(=O)Nc1ccc(CNC(C)c2cccc(OC(F)F)c2)cc1. The molecule has 0 aromatic heterocycles. The van der Waals surface area contributed by atoms with E-state index in [1.165, 1.54) is 13.0 Å². The van der Waals surface area contributed by atoms with Crippen molar-refractivity contribution < 1.29 is 18.3 Å². The van der Waals surface area contributed by atoms with E-state index in [0.717, 1.165) is 16.8 Å². The fourth-order valence-corrected chi connectivity index (χ4v) is 2.26. The van der Waals surface area contributed by atoms with E-state index >= 15 is 0 Å². The molecule has 2 N–H and O–H groups in total. The van der Waals surface area contributed by atoms with Crippen LogP contribution in [0.1, 0.15) is 31.0 Å². The van der Waals surface area contributed by atoms with Crippen LogP contribution in [0.5, 0.6) is 5.75 Å².